The Morgan fingerprint density at radius 1 is 1.00 bits per heavy atom. The van der Waals surface area contributed by atoms with E-state index in [1.807, 2.05) is 37.3 Å². The molecule has 0 spiro atoms. The van der Waals surface area contributed by atoms with Gasteiger partial charge in [-0.05, 0) is 25.5 Å². The first-order valence-corrected chi connectivity index (χ1v) is 12.1. The van der Waals surface area contributed by atoms with Crippen molar-refractivity contribution in [2.24, 2.45) is 0 Å². The molecular weight excluding hydrogens is 428 g/mol. The molecule has 0 N–H and O–H groups in total. The van der Waals surface area contributed by atoms with Crippen molar-refractivity contribution in [2.45, 2.75) is 31.1 Å². The monoisotopic (exact) mass is 454 g/mol. The third-order valence-corrected chi connectivity index (χ3v) is 7.43. The maximum atomic E-state index is 13.0. The van der Waals surface area contributed by atoms with Crippen LogP contribution in [-0.2, 0) is 21.2 Å². The molecule has 0 radical (unpaired) electrons. The van der Waals surface area contributed by atoms with E-state index in [1.165, 1.54) is 4.31 Å². The van der Waals surface area contributed by atoms with Crippen molar-refractivity contribution in [1.29, 1.82) is 0 Å². The van der Waals surface area contributed by atoms with Crippen LogP contribution in [0.15, 0.2) is 64.0 Å². The van der Waals surface area contributed by atoms with E-state index in [4.69, 9.17) is 4.52 Å². The van der Waals surface area contributed by atoms with Gasteiger partial charge in [-0.1, -0.05) is 53.2 Å². The van der Waals surface area contributed by atoms with Crippen LogP contribution >= 0.6 is 0 Å². The molecule has 1 aliphatic rings. The van der Waals surface area contributed by atoms with Crippen LogP contribution in [0.4, 0.5) is 0 Å². The van der Waals surface area contributed by atoms with Crippen molar-refractivity contribution in [1.82, 2.24) is 19.3 Å². The minimum absolute atomic E-state index is 0.0426. The van der Waals surface area contributed by atoms with Crippen LogP contribution in [-0.4, -0.2) is 59.8 Å². The zero-order valence-corrected chi connectivity index (χ0v) is 18.8. The van der Waals surface area contributed by atoms with Crippen LogP contribution in [0.5, 0.6) is 0 Å². The van der Waals surface area contributed by atoms with E-state index in [2.05, 4.69) is 10.1 Å². The van der Waals surface area contributed by atoms with Gasteiger partial charge in [0, 0.05) is 44.6 Å². The van der Waals surface area contributed by atoms with Gasteiger partial charge in [-0.3, -0.25) is 4.79 Å². The summed E-state index contributed by atoms with van der Waals surface area (Å²) in [5, 5.41) is 3.98. The van der Waals surface area contributed by atoms with E-state index in [0.717, 1.165) is 11.1 Å². The lowest BCUT2D eigenvalue weighted by Crippen LogP contribution is -2.37. The maximum Gasteiger partial charge on any atom is 0.243 e. The fraction of sp³-hybridized carbons (Fsp3) is 0.348. The number of hydrogen-bond acceptors (Lipinski definition) is 6. The maximum absolute atomic E-state index is 13.0. The van der Waals surface area contributed by atoms with Crippen LogP contribution < -0.4 is 0 Å². The molecule has 1 saturated heterocycles. The summed E-state index contributed by atoms with van der Waals surface area (Å²) < 4.78 is 32.7. The number of aromatic nitrogens is 2. The molecule has 0 atom stereocenters. The first-order valence-electron chi connectivity index (χ1n) is 10.7. The summed E-state index contributed by atoms with van der Waals surface area (Å²) in [5.74, 6) is 0.870. The normalized spacial score (nSPS) is 15.5. The minimum Gasteiger partial charge on any atom is -0.341 e. The smallest absolute Gasteiger partial charge is 0.243 e. The third kappa shape index (κ3) is 5.05. The van der Waals surface area contributed by atoms with Crippen LogP contribution in [0, 0.1) is 6.92 Å². The van der Waals surface area contributed by atoms with Gasteiger partial charge in [0.15, 0.2) is 0 Å². The molecular formula is C23H26N4O4S. The summed E-state index contributed by atoms with van der Waals surface area (Å²) in [7, 11) is -3.57. The predicted molar refractivity (Wildman–Crippen MR) is 119 cm³/mol. The van der Waals surface area contributed by atoms with Crippen LogP contribution in [0.1, 0.15) is 24.3 Å². The first kappa shape index (κ1) is 22.2. The molecule has 0 aliphatic carbocycles. The molecule has 1 aromatic heterocycles. The molecule has 4 rings (SSSR count). The Balaban J connectivity index is 1.33. The Morgan fingerprint density at radius 3 is 2.50 bits per heavy atom. The quantitative estimate of drug-likeness (QED) is 0.568. The lowest BCUT2D eigenvalue weighted by Gasteiger charge is -2.22. The number of carbonyl (C=O) groups excluding carboxylic acids is 1. The first-order chi connectivity index (χ1) is 15.4. The molecule has 8 nitrogen and oxygen atoms in total. The molecule has 2 aromatic carbocycles. The van der Waals surface area contributed by atoms with Crippen molar-refractivity contribution in [3.63, 3.8) is 0 Å². The molecule has 1 fully saturated rings. The average molecular weight is 455 g/mol. The SMILES string of the molecule is Cc1ccc(S(=O)(=O)N2CCCN(C(=O)CCc3nc(-c4ccccc4)no3)CC2)cc1. The number of benzene rings is 2. The molecule has 0 saturated carbocycles. The predicted octanol–water partition coefficient (Wildman–Crippen LogP) is 2.90. The van der Waals surface area contributed by atoms with Gasteiger partial charge in [0.05, 0.1) is 4.90 Å². The highest BCUT2D eigenvalue weighted by Crippen LogP contribution is 2.19. The Kier molecular flexibility index (Phi) is 6.66. The van der Waals surface area contributed by atoms with E-state index < -0.39 is 10.0 Å². The molecule has 168 valence electrons. The summed E-state index contributed by atoms with van der Waals surface area (Å²) in [4.78, 5) is 19.1. The van der Waals surface area contributed by atoms with E-state index in [0.29, 0.717) is 44.2 Å². The van der Waals surface area contributed by atoms with Crippen LogP contribution in [0.2, 0.25) is 0 Å². The van der Waals surface area contributed by atoms with Crippen LogP contribution in [0.3, 0.4) is 0 Å². The molecule has 2 heterocycles. The van der Waals surface area contributed by atoms with Gasteiger partial charge in [-0.15, -0.1) is 0 Å². The number of amides is 1. The van der Waals surface area contributed by atoms with Gasteiger partial charge in [0.2, 0.25) is 27.6 Å². The van der Waals surface area contributed by atoms with Gasteiger partial charge < -0.3 is 9.42 Å². The Labute approximate surface area is 187 Å². The van der Waals surface area contributed by atoms with Gasteiger partial charge in [0.1, 0.15) is 0 Å². The summed E-state index contributed by atoms with van der Waals surface area (Å²) in [6, 6.07) is 16.4. The number of hydrogen-bond donors (Lipinski definition) is 0. The van der Waals surface area contributed by atoms with Crippen LogP contribution in [0.25, 0.3) is 11.4 Å². The highest BCUT2D eigenvalue weighted by Gasteiger charge is 2.28. The highest BCUT2D eigenvalue weighted by molar-refractivity contribution is 7.89. The summed E-state index contributed by atoms with van der Waals surface area (Å²) in [5.41, 5.74) is 1.87. The van der Waals surface area contributed by atoms with E-state index in [1.54, 1.807) is 29.2 Å². The average Bonchev–Trinajstić information content (AvgIpc) is 3.13. The van der Waals surface area contributed by atoms with Gasteiger partial charge >= 0.3 is 0 Å². The fourth-order valence-electron chi connectivity index (χ4n) is 3.68. The molecule has 1 amide bonds. The lowest BCUT2D eigenvalue weighted by atomic mass is 10.2. The van der Waals surface area contributed by atoms with Gasteiger partial charge in [-0.2, -0.15) is 9.29 Å². The lowest BCUT2D eigenvalue weighted by molar-refractivity contribution is -0.131. The molecule has 32 heavy (non-hydrogen) atoms. The van der Waals surface area contributed by atoms with E-state index in [-0.39, 0.29) is 23.8 Å². The van der Waals surface area contributed by atoms with Crippen molar-refractivity contribution < 1.29 is 17.7 Å². The number of carbonyl (C=O) groups is 1. The zero-order valence-electron chi connectivity index (χ0n) is 18.0. The minimum atomic E-state index is -3.57. The zero-order chi connectivity index (χ0) is 22.6. The second-order valence-corrected chi connectivity index (χ2v) is 9.77. The third-order valence-electron chi connectivity index (χ3n) is 5.52. The number of sulfonamides is 1. The number of nitrogens with zero attached hydrogens (tertiary/aromatic N) is 4. The Hall–Kier alpha value is -3.04. The molecule has 3 aromatic rings. The van der Waals surface area contributed by atoms with Crippen molar-refractivity contribution in [3.05, 3.63) is 66.1 Å². The highest BCUT2D eigenvalue weighted by atomic mass is 32.2. The van der Waals surface area contributed by atoms with E-state index in [9.17, 15) is 13.2 Å². The van der Waals surface area contributed by atoms with Crippen molar-refractivity contribution in [2.75, 3.05) is 26.2 Å². The second-order valence-electron chi connectivity index (χ2n) is 7.83. The summed E-state index contributed by atoms with van der Waals surface area (Å²) in [6.07, 6.45) is 1.18. The molecule has 0 unspecified atom stereocenters. The summed E-state index contributed by atoms with van der Waals surface area (Å²) >= 11 is 0. The van der Waals surface area contributed by atoms with Crippen molar-refractivity contribution >= 4 is 15.9 Å². The van der Waals surface area contributed by atoms with Gasteiger partial charge in [0.25, 0.3) is 0 Å². The molecule has 1 aliphatic heterocycles. The second kappa shape index (κ2) is 9.62. The van der Waals surface area contributed by atoms with Crippen molar-refractivity contribution in [3.8, 4) is 11.4 Å². The van der Waals surface area contributed by atoms with Gasteiger partial charge in [-0.25, -0.2) is 8.42 Å². The standard InChI is InChI=1S/C23H26N4O4S/c1-18-8-10-20(11-9-18)32(29,30)27-15-5-14-26(16-17-27)22(28)13-12-21-24-23(25-31-21)19-6-3-2-4-7-19/h2-4,6-11H,5,12-17H2,1H3. The fourth-order valence-corrected chi connectivity index (χ4v) is 5.15. The Bertz CT molecular complexity index is 1160. The number of aryl methyl sites for hydroxylation is 2. The topological polar surface area (TPSA) is 96.6 Å². The van der Waals surface area contributed by atoms with E-state index >= 15 is 0 Å². The molecule has 0 bridgehead atoms. The largest absolute Gasteiger partial charge is 0.341 e. The summed E-state index contributed by atoms with van der Waals surface area (Å²) in [6.45, 7) is 3.48. The Morgan fingerprint density at radius 2 is 1.75 bits per heavy atom. The number of rotatable bonds is 6. The molecule has 9 heteroatoms.